The van der Waals surface area contributed by atoms with Crippen LogP contribution in [-0.2, 0) is 17.6 Å². The summed E-state index contributed by atoms with van der Waals surface area (Å²) in [7, 11) is 3.74. The van der Waals surface area contributed by atoms with E-state index in [1.165, 1.54) is 0 Å². The summed E-state index contributed by atoms with van der Waals surface area (Å²) < 4.78 is 24.0. The van der Waals surface area contributed by atoms with Crippen molar-refractivity contribution in [2.75, 3.05) is 40.6 Å². The Morgan fingerprint density at radius 3 is 2.73 bits per heavy atom. The van der Waals surface area contributed by atoms with Crippen molar-refractivity contribution in [2.24, 2.45) is 5.73 Å². The lowest BCUT2D eigenvalue weighted by Crippen LogP contribution is -2.64. The molecule has 2 aromatic rings. The van der Waals surface area contributed by atoms with Gasteiger partial charge in [-0.2, -0.15) is 0 Å². The number of nitrogens with zero attached hydrogens (tertiary/aromatic N) is 2. The Labute approximate surface area is 241 Å². The number of aryl methyl sites for hydroxylation is 1. The second kappa shape index (κ2) is 10.4. The van der Waals surface area contributed by atoms with Crippen LogP contribution in [0.2, 0.25) is 0 Å². The Morgan fingerprint density at radius 2 is 2.02 bits per heavy atom. The molecule has 4 aliphatic rings. The minimum Gasteiger partial charge on any atom is -0.504 e. The maximum atomic E-state index is 12.7. The van der Waals surface area contributed by atoms with Gasteiger partial charge in [0.25, 0.3) is 0 Å². The van der Waals surface area contributed by atoms with Crippen molar-refractivity contribution in [3.05, 3.63) is 52.1 Å². The fourth-order valence-corrected chi connectivity index (χ4v) is 7.45. The van der Waals surface area contributed by atoms with E-state index in [1.54, 1.807) is 20.1 Å². The third-order valence-electron chi connectivity index (χ3n) is 9.26. The van der Waals surface area contributed by atoms with E-state index >= 15 is 0 Å². The largest absolute Gasteiger partial charge is 0.504 e. The van der Waals surface area contributed by atoms with E-state index < -0.39 is 6.04 Å². The van der Waals surface area contributed by atoms with E-state index in [2.05, 4.69) is 34.8 Å². The number of phenols is 1. The van der Waals surface area contributed by atoms with E-state index in [4.69, 9.17) is 24.7 Å². The maximum Gasteiger partial charge on any atom is 0.236 e. The number of nitrogens with one attached hydrogen (secondary N) is 1. The molecule has 1 fully saturated rings. The lowest BCUT2D eigenvalue weighted by molar-refractivity contribution is -0.122. The van der Waals surface area contributed by atoms with Gasteiger partial charge in [0, 0.05) is 47.4 Å². The Bertz CT molecular complexity index is 1410. The summed E-state index contributed by atoms with van der Waals surface area (Å²) in [5.41, 5.74) is 11.8. The molecule has 0 radical (unpaired) electrons. The number of hydrogen-bond donors (Lipinski definition) is 3. The lowest BCUT2D eigenvalue weighted by Gasteiger charge is -2.58. The number of nitrogens with two attached hydrogens (primary N) is 1. The Hall–Kier alpha value is -3.47. The molecule has 6 rings (SSSR count). The predicted octanol–water partition coefficient (Wildman–Crippen LogP) is 2.65. The number of methoxy groups -OCH3 is 1. The molecule has 4 heterocycles. The van der Waals surface area contributed by atoms with Gasteiger partial charge in [-0.3, -0.25) is 14.6 Å². The molecule has 10 heteroatoms. The summed E-state index contributed by atoms with van der Waals surface area (Å²) in [6.45, 7) is 11.1. The molecular weight excluding hydrogens is 524 g/mol. The van der Waals surface area contributed by atoms with Crippen molar-refractivity contribution in [3.63, 3.8) is 0 Å². The number of amides is 1. The van der Waals surface area contributed by atoms with E-state index in [0.717, 1.165) is 52.1 Å². The molecule has 0 aromatic heterocycles. The first kappa shape index (κ1) is 27.7. The number of benzene rings is 2. The highest BCUT2D eigenvalue weighted by Gasteiger charge is 2.52. The van der Waals surface area contributed by atoms with Gasteiger partial charge in [0.1, 0.15) is 12.4 Å². The molecule has 10 nitrogen and oxygen atoms in total. The second-order valence-electron chi connectivity index (χ2n) is 11.6. The number of hydrogen-bond acceptors (Lipinski definition) is 9. The molecule has 41 heavy (non-hydrogen) atoms. The number of likely N-dealkylation sites (N-methyl/N-ethyl adjacent to an activating group) is 1. The van der Waals surface area contributed by atoms with Crippen LogP contribution in [0.4, 0.5) is 0 Å². The summed E-state index contributed by atoms with van der Waals surface area (Å²) in [5.74, 6) is 2.67. The zero-order valence-corrected chi connectivity index (χ0v) is 24.5. The van der Waals surface area contributed by atoms with E-state index in [0.29, 0.717) is 36.8 Å². The van der Waals surface area contributed by atoms with Crippen LogP contribution in [-0.4, -0.2) is 79.6 Å². The first-order valence-electron chi connectivity index (χ1n) is 14.3. The molecule has 1 unspecified atom stereocenters. The normalized spacial score (nSPS) is 25.0. The summed E-state index contributed by atoms with van der Waals surface area (Å²) in [6, 6.07) is 1.40. The van der Waals surface area contributed by atoms with Crippen molar-refractivity contribution in [1.82, 2.24) is 15.1 Å². The van der Waals surface area contributed by atoms with Crippen LogP contribution in [0.3, 0.4) is 0 Å². The summed E-state index contributed by atoms with van der Waals surface area (Å²) >= 11 is 0. The van der Waals surface area contributed by atoms with Crippen LogP contribution >= 0.6 is 0 Å². The van der Waals surface area contributed by atoms with Gasteiger partial charge in [-0.1, -0.05) is 18.7 Å². The topological polar surface area (TPSA) is 119 Å². The molecule has 5 atom stereocenters. The Kier molecular flexibility index (Phi) is 7.04. The maximum absolute atomic E-state index is 12.7. The highest BCUT2D eigenvalue weighted by atomic mass is 16.7. The molecule has 0 spiro atoms. The average Bonchev–Trinajstić information content (AvgIpc) is 3.42. The van der Waals surface area contributed by atoms with Gasteiger partial charge in [-0.05, 0) is 51.8 Å². The summed E-state index contributed by atoms with van der Waals surface area (Å²) in [6.07, 6.45) is 3.19. The van der Waals surface area contributed by atoms with Gasteiger partial charge in [-0.15, -0.1) is 0 Å². The number of fused-ring (bicyclic) bond motifs is 9. The Morgan fingerprint density at radius 1 is 1.27 bits per heavy atom. The van der Waals surface area contributed by atoms with Crippen LogP contribution < -0.4 is 30.0 Å². The van der Waals surface area contributed by atoms with Crippen LogP contribution in [0.1, 0.15) is 52.4 Å². The predicted molar refractivity (Wildman–Crippen MR) is 154 cm³/mol. The van der Waals surface area contributed by atoms with Gasteiger partial charge in [-0.25, -0.2) is 0 Å². The average molecular weight is 565 g/mol. The molecule has 2 aromatic carbocycles. The number of carbonyl (C=O) groups is 1. The molecule has 1 amide bonds. The molecule has 2 bridgehead atoms. The number of carbonyl (C=O) groups excluding carboxylic acids is 1. The molecule has 220 valence electrons. The standard InChI is InChI=1S/C31H40N4O6/c1-7-8-39-28-16(3)29-30(41-14-40-29)24-20(28)11-21-25-23-18(9-15(2)27(38-6)26(23)36)10-19(34(25)5)13-35(21)22(24)12-33-31(37)17(4)32/h7,9,17,19,21-22,25,36H,1,8,10-14,32H2,2-6H3,(H,33,37)/t17-,19-,21?,22-,25-/m0/s1. The number of piperazine rings is 1. The van der Waals surface area contributed by atoms with Crippen LogP contribution in [0.15, 0.2) is 18.7 Å². The fourth-order valence-electron chi connectivity index (χ4n) is 7.45. The van der Waals surface area contributed by atoms with Crippen LogP contribution in [0, 0.1) is 13.8 Å². The molecule has 4 N–H and O–H groups in total. The third kappa shape index (κ3) is 4.23. The highest BCUT2D eigenvalue weighted by Crippen LogP contribution is 2.57. The molecule has 0 aliphatic carbocycles. The first-order valence-corrected chi connectivity index (χ1v) is 14.3. The number of rotatable bonds is 7. The second-order valence-corrected chi connectivity index (χ2v) is 11.6. The van der Waals surface area contributed by atoms with Crippen LogP contribution in [0.25, 0.3) is 0 Å². The van der Waals surface area contributed by atoms with E-state index in [1.807, 2.05) is 13.8 Å². The van der Waals surface area contributed by atoms with E-state index in [9.17, 15) is 9.90 Å². The van der Waals surface area contributed by atoms with Crippen molar-refractivity contribution >= 4 is 5.91 Å². The monoisotopic (exact) mass is 564 g/mol. The zero-order chi connectivity index (χ0) is 29.2. The SMILES string of the molecule is C=CCOc1c(C)c2c(c3c1CC1[C@H]4c5c(cc(C)c(OC)c5O)C[C@@H](CN1[C@H]3CNC(=O)[C@H](C)N)N4C)OCO2. The van der Waals surface area contributed by atoms with Crippen LogP contribution in [0.5, 0.6) is 28.7 Å². The minimum atomic E-state index is -0.630. The lowest BCUT2D eigenvalue weighted by atomic mass is 9.74. The summed E-state index contributed by atoms with van der Waals surface area (Å²) in [4.78, 5) is 17.6. The highest BCUT2D eigenvalue weighted by molar-refractivity contribution is 5.81. The van der Waals surface area contributed by atoms with Crippen molar-refractivity contribution in [3.8, 4) is 28.7 Å². The summed E-state index contributed by atoms with van der Waals surface area (Å²) in [5, 5.41) is 14.6. The zero-order valence-electron chi connectivity index (χ0n) is 24.5. The molecule has 4 aliphatic heterocycles. The third-order valence-corrected chi connectivity index (χ3v) is 9.26. The quantitative estimate of drug-likeness (QED) is 0.436. The number of ether oxygens (including phenoxy) is 4. The fraction of sp³-hybridized carbons (Fsp3) is 0.516. The van der Waals surface area contributed by atoms with E-state index in [-0.39, 0.29) is 42.6 Å². The smallest absolute Gasteiger partial charge is 0.236 e. The van der Waals surface area contributed by atoms with Gasteiger partial charge >= 0.3 is 0 Å². The molecular formula is C31H40N4O6. The number of aromatic hydroxyl groups is 1. The Balaban J connectivity index is 1.54. The van der Waals surface area contributed by atoms with Crippen molar-refractivity contribution in [1.29, 1.82) is 0 Å². The number of phenolic OH excluding ortho intramolecular Hbond substituents is 1. The van der Waals surface area contributed by atoms with Crippen molar-refractivity contribution in [2.45, 2.75) is 63.8 Å². The van der Waals surface area contributed by atoms with Gasteiger partial charge in [0.15, 0.2) is 23.0 Å². The molecule has 1 saturated heterocycles. The van der Waals surface area contributed by atoms with Gasteiger partial charge in [0.05, 0.1) is 25.2 Å². The minimum absolute atomic E-state index is 0.0239. The molecule has 0 saturated carbocycles. The van der Waals surface area contributed by atoms with Crippen molar-refractivity contribution < 1.29 is 28.8 Å². The van der Waals surface area contributed by atoms with Gasteiger partial charge < -0.3 is 35.1 Å². The van der Waals surface area contributed by atoms with Gasteiger partial charge in [0.2, 0.25) is 12.7 Å². The first-order chi connectivity index (χ1) is 19.7.